The van der Waals surface area contributed by atoms with E-state index in [1.54, 1.807) is 6.20 Å². The second-order valence-corrected chi connectivity index (χ2v) is 10.1. The first-order valence-electron chi connectivity index (χ1n) is 12.5. The number of hydrogen-bond acceptors (Lipinski definition) is 5. The lowest BCUT2D eigenvalue weighted by Crippen LogP contribution is -2.50. The predicted octanol–water partition coefficient (Wildman–Crippen LogP) is 5.28. The Hall–Kier alpha value is -3.22. The summed E-state index contributed by atoms with van der Waals surface area (Å²) in [5, 5.41) is 12.8. The van der Waals surface area contributed by atoms with E-state index in [9.17, 15) is 9.90 Å². The van der Waals surface area contributed by atoms with Gasteiger partial charge in [-0.3, -0.25) is 9.88 Å². The van der Waals surface area contributed by atoms with E-state index < -0.39 is 5.97 Å². The van der Waals surface area contributed by atoms with Crippen molar-refractivity contribution in [2.24, 2.45) is 11.7 Å². The first-order valence-corrected chi connectivity index (χ1v) is 12.5. The maximum atomic E-state index is 11.6. The lowest BCUT2D eigenvalue weighted by atomic mass is 9.82. The minimum atomic E-state index is -0.971. The topological polar surface area (TPSA) is 91.5 Å². The van der Waals surface area contributed by atoms with Crippen LogP contribution >= 0.6 is 0 Å². The number of fused-ring (bicyclic) bond motifs is 1. The molecule has 1 aromatic heterocycles. The highest BCUT2D eigenvalue weighted by Crippen LogP contribution is 2.40. The Morgan fingerprint density at radius 3 is 2.57 bits per heavy atom. The van der Waals surface area contributed by atoms with E-state index in [0.717, 1.165) is 5.92 Å². The molecule has 0 saturated heterocycles. The number of carbonyl (C=O) groups is 1. The number of nitrogens with zero attached hydrogens (tertiary/aromatic N) is 2. The number of carboxylic acids is 1. The number of aromatic carboxylic acids is 1. The van der Waals surface area contributed by atoms with Crippen molar-refractivity contribution in [3.8, 4) is 11.1 Å². The van der Waals surface area contributed by atoms with Gasteiger partial charge in [0.15, 0.2) is 0 Å². The highest BCUT2D eigenvalue weighted by Gasteiger charge is 2.35. The van der Waals surface area contributed by atoms with Crippen LogP contribution in [0.2, 0.25) is 0 Å². The Labute approximate surface area is 207 Å². The van der Waals surface area contributed by atoms with E-state index >= 15 is 0 Å². The molecule has 182 valence electrons. The first-order chi connectivity index (χ1) is 16.9. The highest BCUT2D eigenvalue weighted by molar-refractivity contribution is 5.93. The Morgan fingerprint density at radius 2 is 1.86 bits per heavy atom. The zero-order valence-electron chi connectivity index (χ0n) is 20.4. The molecule has 6 heteroatoms. The SMILES string of the molecule is CC1c2cc(-c3ccc(CCC4CC4)cc3)ccc2C(CNc2cnccc2C(=O)O)N(C)[C@H]1N. The number of anilines is 1. The van der Waals surface area contributed by atoms with Gasteiger partial charge in [0.2, 0.25) is 0 Å². The van der Waals surface area contributed by atoms with Crippen LogP contribution in [0.5, 0.6) is 0 Å². The van der Waals surface area contributed by atoms with Gasteiger partial charge in [-0.2, -0.15) is 0 Å². The molecule has 1 aliphatic carbocycles. The van der Waals surface area contributed by atoms with Crippen molar-refractivity contribution in [3.05, 3.63) is 83.2 Å². The van der Waals surface area contributed by atoms with Crippen LogP contribution in [0.25, 0.3) is 11.1 Å². The van der Waals surface area contributed by atoms with Crippen molar-refractivity contribution in [1.29, 1.82) is 0 Å². The fourth-order valence-corrected chi connectivity index (χ4v) is 5.24. The fraction of sp³-hybridized carbons (Fsp3) is 0.379. The molecule has 1 fully saturated rings. The lowest BCUT2D eigenvalue weighted by Gasteiger charge is -2.43. The highest BCUT2D eigenvalue weighted by atomic mass is 16.4. The summed E-state index contributed by atoms with van der Waals surface area (Å²) in [4.78, 5) is 17.9. The van der Waals surface area contributed by atoms with E-state index in [-0.39, 0.29) is 23.7 Å². The fourth-order valence-electron chi connectivity index (χ4n) is 5.24. The van der Waals surface area contributed by atoms with Gasteiger partial charge in [0.25, 0.3) is 0 Å². The average molecular weight is 471 g/mol. The van der Waals surface area contributed by atoms with E-state index in [2.05, 4.69) is 64.6 Å². The second-order valence-electron chi connectivity index (χ2n) is 10.1. The zero-order valence-corrected chi connectivity index (χ0v) is 20.4. The predicted molar refractivity (Wildman–Crippen MR) is 140 cm³/mol. The van der Waals surface area contributed by atoms with Crippen LogP contribution in [0, 0.1) is 5.92 Å². The van der Waals surface area contributed by atoms with Crippen LogP contribution < -0.4 is 11.1 Å². The van der Waals surface area contributed by atoms with Crippen molar-refractivity contribution >= 4 is 11.7 Å². The molecular formula is C29H34N4O2. The Bertz CT molecular complexity index is 1210. The number of likely N-dealkylation sites (N-methyl/N-ethyl adjacent to an activating group) is 1. The van der Waals surface area contributed by atoms with Crippen molar-refractivity contribution in [1.82, 2.24) is 9.88 Å². The van der Waals surface area contributed by atoms with Gasteiger partial charge >= 0.3 is 5.97 Å². The van der Waals surface area contributed by atoms with Gasteiger partial charge < -0.3 is 16.2 Å². The number of pyridine rings is 1. The number of hydrogen-bond donors (Lipinski definition) is 3. The van der Waals surface area contributed by atoms with E-state index in [1.165, 1.54) is 65.8 Å². The number of aryl methyl sites for hydroxylation is 1. The molecule has 0 radical (unpaired) electrons. The monoisotopic (exact) mass is 470 g/mol. The third-order valence-corrected chi connectivity index (χ3v) is 7.77. The third kappa shape index (κ3) is 4.95. The number of carboxylic acid groups (broad SMARTS) is 1. The maximum Gasteiger partial charge on any atom is 0.337 e. The lowest BCUT2D eigenvalue weighted by molar-refractivity contribution is 0.0697. The van der Waals surface area contributed by atoms with Gasteiger partial charge in [0.1, 0.15) is 0 Å². The summed E-state index contributed by atoms with van der Waals surface area (Å²) < 4.78 is 0. The van der Waals surface area contributed by atoms with Gasteiger partial charge in [-0.25, -0.2) is 4.79 Å². The molecule has 0 amide bonds. The molecule has 3 atom stereocenters. The standard InChI is InChI=1S/C29H34N4O2/c1-18-25-15-22(21-9-7-20(8-10-21)6-5-19-3-4-19)11-12-23(25)27(33(2)28(18)30)17-32-26-16-31-14-13-24(26)29(34)35/h7-16,18-19,27-28,32H,3-6,17,30H2,1-2H3,(H,34,35)/t18?,27?,28-/m1/s1. The number of nitrogens with two attached hydrogens (primary N) is 1. The molecule has 1 saturated carbocycles. The number of nitrogens with one attached hydrogen (secondary N) is 1. The largest absolute Gasteiger partial charge is 0.478 e. The average Bonchev–Trinajstić information content (AvgIpc) is 3.71. The third-order valence-electron chi connectivity index (χ3n) is 7.77. The summed E-state index contributed by atoms with van der Waals surface area (Å²) in [6, 6.07) is 17.2. The molecule has 35 heavy (non-hydrogen) atoms. The van der Waals surface area contributed by atoms with Gasteiger partial charge in [0.05, 0.1) is 29.7 Å². The Morgan fingerprint density at radius 1 is 1.11 bits per heavy atom. The van der Waals surface area contributed by atoms with E-state index in [4.69, 9.17) is 5.73 Å². The molecule has 2 aliphatic rings. The molecule has 0 bridgehead atoms. The molecule has 6 nitrogen and oxygen atoms in total. The van der Waals surface area contributed by atoms with Gasteiger partial charge in [-0.05, 0) is 59.7 Å². The zero-order chi connectivity index (χ0) is 24.5. The van der Waals surface area contributed by atoms with Crippen LogP contribution in [0.4, 0.5) is 5.69 Å². The Balaban J connectivity index is 1.38. The molecule has 4 N–H and O–H groups in total. The molecule has 0 spiro atoms. The minimum Gasteiger partial charge on any atom is -0.478 e. The summed E-state index contributed by atoms with van der Waals surface area (Å²) in [5.74, 6) is 0.160. The number of benzene rings is 2. The summed E-state index contributed by atoms with van der Waals surface area (Å²) in [5.41, 5.74) is 13.7. The molecule has 2 unspecified atom stereocenters. The van der Waals surface area contributed by atoms with E-state index in [1.807, 2.05) is 7.05 Å². The van der Waals surface area contributed by atoms with E-state index in [0.29, 0.717) is 12.2 Å². The van der Waals surface area contributed by atoms with Crippen LogP contribution in [0.15, 0.2) is 60.9 Å². The van der Waals surface area contributed by atoms with Crippen molar-refractivity contribution < 1.29 is 9.90 Å². The maximum absolute atomic E-state index is 11.6. The first kappa shape index (κ1) is 23.5. The van der Waals surface area contributed by atoms with Crippen LogP contribution in [-0.4, -0.2) is 40.7 Å². The summed E-state index contributed by atoms with van der Waals surface area (Å²) >= 11 is 0. The summed E-state index contributed by atoms with van der Waals surface area (Å²) in [6.07, 6.45) is 8.21. The molecule has 5 rings (SSSR count). The molecule has 2 aromatic carbocycles. The van der Waals surface area contributed by atoms with Gasteiger partial charge in [-0.15, -0.1) is 0 Å². The van der Waals surface area contributed by atoms with Crippen molar-refractivity contribution in [3.63, 3.8) is 0 Å². The van der Waals surface area contributed by atoms with Crippen molar-refractivity contribution in [2.45, 2.75) is 50.7 Å². The molecular weight excluding hydrogens is 436 g/mol. The second kappa shape index (κ2) is 9.80. The normalized spacial score (nSPS) is 22.0. The number of rotatable bonds is 8. The molecule has 2 heterocycles. The van der Waals surface area contributed by atoms with Crippen LogP contribution in [0.1, 0.15) is 65.2 Å². The van der Waals surface area contributed by atoms with Crippen molar-refractivity contribution in [2.75, 3.05) is 18.9 Å². The Kier molecular flexibility index (Phi) is 6.58. The van der Waals surface area contributed by atoms with Crippen LogP contribution in [0.3, 0.4) is 0 Å². The minimum absolute atomic E-state index is 0.0110. The van der Waals surface area contributed by atoms with Gasteiger partial charge in [-0.1, -0.05) is 62.2 Å². The molecule has 3 aromatic rings. The quantitative estimate of drug-likeness (QED) is 0.415. The summed E-state index contributed by atoms with van der Waals surface area (Å²) in [7, 11) is 2.03. The van der Waals surface area contributed by atoms with Gasteiger partial charge in [0, 0.05) is 18.7 Å². The van der Waals surface area contributed by atoms with Crippen LogP contribution in [-0.2, 0) is 6.42 Å². The smallest absolute Gasteiger partial charge is 0.337 e. The summed E-state index contributed by atoms with van der Waals surface area (Å²) in [6.45, 7) is 2.71. The molecule has 1 aliphatic heterocycles. The number of aromatic nitrogens is 1.